The van der Waals surface area contributed by atoms with Crippen LogP contribution >= 0.6 is 0 Å². The lowest BCUT2D eigenvalue weighted by Gasteiger charge is -2.25. The quantitative estimate of drug-likeness (QED) is 0.779. The van der Waals surface area contributed by atoms with Crippen LogP contribution in [0.1, 0.15) is 40.7 Å². The summed E-state index contributed by atoms with van der Waals surface area (Å²) < 4.78 is 11.6. The molecule has 1 N–H and O–H groups in total. The molecule has 0 saturated carbocycles. The van der Waals surface area contributed by atoms with Crippen LogP contribution in [0.5, 0.6) is 5.75 Å². The number of carboxylic acids is 1. The van der Waals surface area contributed by atoms with Gasteiger partial charge in [-0.1, -0.05) is 12.2 Å². The van der Waals surface area contributed by atoms with Crippen molar-refractivity contribution in [2.75, 3.05) is 6.61 Å². The molecule has 118 valence electrons. The molecule has 0 aromatic heterocycles. The smallest absolute Gasteiger partial charge is 0.335 e. The second-order valence-electron chi connectivity index (χ2n) is 5.27. The van der Waals surface area contributed by atoms with E-state index in [4.69, 9.17) is 9.47 Å². The Morgan fingerprint density at radius 3 is 2.59 bits per heavy atom. The molecule has 1 aromatic rings. The van der Waals surface area contributed by atoms with Crippen molar-refractivity contribution in [3.8, 4) is 5.75 Å². The molecular weight excluding hydrogens is 280 g/mol. The van der Waals surface area contributed by atoms with Crippen molar-refractivity contribution in [1.29, 1.82) is 0 Å². The second kappa shape index (κ2) is 7.80. The third kappa shape index (κ3) is 3.77. The fourth-order valence-corrected chi connectivity index (χ4v) is 2.67. The molecule has 1 fully saturated rings. The predicted octanol–water partition coefficient (Wildman–Crippen LogP) is 3.75. The van der Waals surface area contributed by atoms with E-state index in [9.17, 15) is 9.90 Å². The van der Waals surface area contributed by atoms with E-state index < -0.39 is 5.97 Å². The van der Waals surface area contributed by atoms with Crippen LogP contribution in [0.4, 0.5) is 0 Å². The van der Waals surface area contributed by atoms with Gasteiger partial charge in [-0.2, -0.15) is 0 Å². The number of carboxylic acid groups (broad SMARTS) is 1. The lowest BCUT2D eigenvalue weighted by molar-refractivity contribution is -0.106. The van der Waals surface area contributed by atoms with Crippen LogP contribution in [0.2, 0.25) is 0 Å². The summed E-state index contributed by atoms with van der Waals surface area (Å²) in [6, 6.07) is 3.30. The van der Waals surface area contributed by atoms with Crippen LogP contribution in [0.15, 0.2) is 37.4 Å². The van der Waals surface area contributed by atoms with Crippen molar-refractivity contribution >= 4 is 5.97 Å². The molecule has 0 aliphatic carbocycles. The lowest BCUT2D eigenvalue weighted by atomic mass is 9.95. The van der Waals surface area contributed by atoms with Crippen LogP contribution < -0.4 is 4.74 Å². The van der Waals surface area contributed by atoms with E-state index >= 15 is 0 Å². The van der Waals surface area contributed by atoms with Gasteiger partial charge in [-0.15, -0.1) is 13.2 Å². The number of rotatable bonds is 7. The normalized spacial score (nSPS) is 17.7. The van der Waals surface area contributed by atoms with Crippen LogP contribution in [0.3, 0.4) is 0 Å². The fourth-order valence-electron chi connectivity index (χ4n) is 2.67. The van der Waals surface area contributed by atoms with E-state index in [0.29, 0.717) is 25.2 Å². The Balaban J connectivity index is 2.38. The molecule has 4 nitrogen and oxygen atoms in total. The average molecular weight is 302 g/mol. The van der Waals surface area contributed by atoms with Crippen LogP contribution in [0.25, 0.3) is 0 Å². The van der Waals surface area contributed by atoms with Crippen molar-refractivity contribution < 1.29 is 19.4 Å². The Bertz CT molecular complexity index is 556. The minimum absolute atomic E-state index is 0.260. The first-order chi connectivity index (χ1) is 10.7. The van der Waals surface area contributed by atoms with Gasteiger partial charge in [0, 0.05) is 12.0 Å². The summed E-state index contributed by atoms with van der Waals surface area (Å²) in [5.41, 5.74) is 1.87. The molecule has 22 heavy (non-hydrogen) atoms. The summed E-state index contributed by atoms with van der Waals surface area (Å²) in [6.07, 6.45) is 7.21. The van der Waals surface area contributed by atoms with Crippen LogP contribution in [-0.4, -0.2) is 24.0 Å². The highest BCUT2D eigenvalue weighted by Gasteiger charge is 2.21. The Morgan fingerprint density at radius 2 is 2.00 bits per heavy atom. The summed E-state index contributed by atoms with van der Waals surface area (Å²) >= 11 is 0. The first-order valence-electron chi connectivity index (χ1n) is 7.55. The highest BCUT2D eigenvalue weighted by atomic mass is 16.7. The van der Waals surface area contributed by atoms with Crippen molar-refractivity contribution in [1.82, 2.24) is 0 Å². The van der Waals surface area contributed by atoms with Gasteiger partial charge in [0.05, 0.1) is 12.2 Å². The number of carbonyl (C=O) groups is 1. The maximum atomic E-state index is 11.4. The van der Waals surface area contributed by atoms with Crippen molar-refractivity contribution in [3.05, 3.63) is 54.1 Å². The standard InChI is InChI=1S/C18H22O4/c1-3-7-13-14(8-4-2)16(11-10-15(13)18(19)20)22-17-9-5-6-12-21-17/h3-4,10-11,17H,1-2,5-9,12H2,(H,19,20). The van der Waals surface area contributed by atoms with Gasteiger partial charge >= 0.3 is 5.97 Å². The highest BCUT2D eigenvalue weighted by molar-refractivity contribution is 5.90. The Kier molecular flexibility index (Phi) is 5.78. The maximum absolute atomic E-state index is 11.4. The number of hydrogen-bond donors (Lipinski definition) is 1. The fraction of sp³-hybridized carbons (Fsp3) is 0.389. The number of aromatic carboxylic acids is 1. The van der Waals surface area contributed by atoms with Gasteiger partial charge < -0.3 is 14.6 Å². The zero-order chi connectivity index (χ0) is 15.9. The Morgan fingerprint density at radius 1 is 1.27 bits per heavy atom. The van der Waals surface area contributed by atoms with E-state index in [1.807, 2.05) is 0 Å². The average Bonchev–Trinajstić information content (AvgIpc) is 2.51. The summed E-state index contributed by atoms with van der Waals surface area (Å²) in [7, 11) is 0. The molecule has 1 aliphatic rings. The third-order valence-corrected chi connectivity index (χ3v) is 3.71. The molecule has 2 rings (SSSR count). The molecule has 0 bridgehead atoms. The van der Waals surface area contributed by atoms with Gasteiger partial charge in [0.2, 0.25) is 0 Å². The number of hydrogen-bond acceptors (Lipinski definition) is 3. The molecular formula is C18H22O4. The molecule has 0 amide bonds. The molecule has 1 unspecified atom stereocenters. The first-order valence-corrected chi connectivity index (χ1v) is 7.55. The molecule has 1 aliphatic heterocycles. The lowest BCUT2D eigenvalue weighted by Crippen LogP contribution is -2.25. The predicted molar refractivity (Wildman–Crippen MR) is 85.4 cm³/mol. The van der Waals surface area contributed by atoms with Crippen LogP contribution in [-0.2, 0) is 17.6 Å². The third-order valence-electron chi connectivity index (χ3n) is 3.71. The van der Waals surface area contributed by atoms with E-state index in [1.165, 1.54) is 0 Å². The molecule has 1 saturated heterocycles. The largest absolute Gasteiger partial charge is 0.478 e. The molecule has 1 heterocycles. The zero-order valence-corrected chi connectivity index (χ0v) is 12.7. The Hall–Kier alpha value is -2.07. The van der Waals surface area contributed by atoms with Gasteiger partial charge in [0.15, 0.2) is 6.29 Å². The maximum Gasteiger partial charge on any atom is 0.335 e. The van der Waals surface area contributed by atoms with Crippen LogP contribution in [0, 0.1) is 0 Å². The van der Waals surface area contributed by atoms with Crippen molar-refractivity contribution in [2.24, 2.45) is 0 Å². The summed E-state index contributed by atoms with van der Waals surface area (Å²) in [5.74, 6) is -0.267. The number of allylic oxidation sites excluding steroid dienone is 2. The zero-order valence-electron chi connectivity index (χ0n) is 12.7. The van der Waals surface area contributed by atoms with E-state index in [0.717, 1.165) is 30.4 Å². The van der Waals surface area contributed by atoms with Gasteiger partial charge in [-0.3, -0.25) is 0 Å². The minimum Gasteiger partial charge on any atom is -0.478 e. The van der Waals surface area contributed by atoms with E-state index in [1.54, 1.807) is 24.3 Å². The molecule has 0 radical (unpaired) electrons. The van der Waals surface area contributed by atoms with Crippen molar-refractivity contribution in [2.45, 2.75) is 38.4 Å². The SMILES string of the molecule is C=CCc1c(OC2CCCCO2)ccc(C(=O)O)c1CC=C. The van der Waals surface area contributed by atoms with Gasteiger partial charge in [0.1, 0.15) is 5.75 Å². The topological polar surface area (TPSA) is 55.8 Å². The van der Waals surface area contributed by atoms with Gasteiger partial charge in [0.25, 0.3) is 0 Å². The highest BCUT2D eigenvalue weighted by Crippen LogP contribution is 2.30. The molecule has 0 spiro atoms. The minimum atomic E-state index is -0.942. The second-order valence-corrected chi connectivity index (χ2v) is 5.27. The summed E-state index contributed by atoms with van der Waals surface area (Å²) in [6.45, 7) is 8.18. The summed E-state index contributed by atoms with van der Waals surface area (Å²) in [5, 5.41) is 9.37. The van der Waals surface area contributed by atoms with E-state index in [-0.39, 0.29) is 11.9 Å². The van der Waals surface area contributed by atoms with Gasteiger partial charge in [-0.05, 0) is 43.4 Å². The number of ether oxygens (including phenoxy) is 2. The molecule has 4 heteroatoms. The molecule has 1 aromatic carbocycles. The number of benzene rings is 1. The van der Waals surface area contributed by atoms with Gasteiger partial charge in [-0.25, -0.2) is 4.79 Å². The first kappa shape index (κ1) is 16.3. The van der Waals surface area contributed by atoms with E-state index in [2.05, 4.69) is 13.2 Å². The summed E-state index contributed by atoms with van der Waals surface area (Å²) in [4.78, 5) is 11.4. The monoisotopic (exact) mass is 302 g/mol. The van der Waals surface area contributed by atoms with Crippen molar-refractivity contribution in [3.63, 3.8) is 0 Å². The Labute approximate surface area is 131 Å². The molecule has 1 atom stereocenters.